The van der Waals surface area contributed by atoms with Gasteiger partial charge in [0.2, 0.25) is 0 Å². The largest absolute Gasteiger partial charge is 0.450 e. The van der Waals surface area contributed by atoms with E-state index in [9.17, 15) is 14.4 Å². The van der Waals surface area contributed by atoms with Crippen molar-refractivity contribution in [1.29, 1.82) is 0 Å². The van der Waals surface area contributed by atoms with Crippen molar-refractivity contribution in [3.05, 3.63) is 93.4 Å². The first-order valence-electron chi connectivity index (χ1n) is 13.0. The number of rotatable bonds is 11. The highest BCUT2D eigenvalue weighted by molar-refractivity contribution is 5.84. The van der Waals surface area contributed by atoms with E-state index in [1.165, 1.54) is 16.3 Å². The molecular weight excluding hydrogens is 480 g/mol. The molecule has 0 spiro atoms. The van der Waals surface area contributed by atoms with E-state index in [1.807, 2.05) is 25.1 Å². The number of unbranched alkanes of at least 4 members (excludes halogenated alkanes) is 1. The Bertz CT molecular complexity index is 1240. The van der Waals surface area contributed by atoms with Crippen molar-refractivity contribution < 1.29 is 14.3 Å². The summed E-state index contributed by atoms with van der Waals surface area (Å²) in [7, 11) is 4.13. The summed E-state index contributed by atoms with van der Waals surface area (Å²) < 4.78 is 6.21. The van der Waals surface area contributed by atoms with E-state index < -0.39 is 6.09 Å². The second-order valence-corrected chi connectivity index (χ2v) is 9.48. The monoisotopic (exact) mass is 520 g/mol. The second-order valence-electron chi connectivity index (χ2n) is 9.48. The SMILES string of the molecule is CCOC(=O)Nc1cccc(Cn2nc(C)ccc2=O)c1.Cc1cccc(CC(=O)CCCCN(C)C)c1. The summed E-state index contributed by atoms with van der Waals surface area (Å²) in [6.07, 6.45) is 2.90. The molecule has 8 nitrogen and oxygen atoms in total. The van der Waals surface area contributed by atoms with Gasteiger partial charge in [-0.05, 0) is 83.6 Å². The fraction of sp³-hybridized carbons (Fsp3) is 0.400. The summed E-state index contributed by atoms with van der Waals surface area (Å²) >= 11 is 0. The lowest BCUT2D eigenvalue weighted by molar-refractivity contribution is -0.118. The third kappa shape index (κ3) is 12.0. The number of nitrogens with zero attached hydrogens (tertiary/aromatic N) is 3. The minimum atomic E-state index is -0.500. The molecule has 1 N–H and O–H groups in total. The van der Waals surface area contributed by atoms with Crippen molar-refractivity contribution >= 4 is 17.6 Å². The zero-order valence-corrected chi connectivity index (χ0v) is 23.2. The zero-order chi connectivity index (χ0) is 27.9. The number of amides is 1. The first-order valence-corrected chi connectivity index (χ1v) is 13.0. The molecule has 0 radical (unpaired) electrons. The van der Waals surface area contributed by atoms with Crippen LogP contribution in [0.3, 0.4) is 0 Å². The molecule has 38 heavy (non-hydrogen) atoms. The van der Waals surface area contributed by atoms with E-state index in [0.29, 0.717) is 37.5 Å². The minimum absolute atomic E-state index is 0.163. The Hall–Kier alpha value is -3.78. The van der Waals surface area contributed by atoms with Gasteiger partial charge in [-0.2, -0.15) is 5.10 Å². The number of hydrogen-bond acceptors (Lipinski definition) is 6. The Kier molecular flexibility index (Phi) is 12.9. The molecule has 204 valence electrons. The normalized spacial score (nSPS) is 10.5. The van der Waals surface area contributed by atoms with Gasteiger partial charge in [0.1, 0.15) is 5.78 Å². The highest BCUT2D eigenvalue weighted by atomic mass is 16.5. The molecule has 3 rings (SSSR count). The molecule has 0 aliphatic carbocycles. The van der Waals surface area contributed by atoms with Gasteiger partial charge < -0.3 is 9.64 Å². The van der Waals surface area contributed by atoms with Crippen molar-refractivity contribution in [2.45, 2.75) is 53.0 Å². The molecule has 0 fully saturated rings. The van der Waals surface area contributed by atoms with Crippen LogP contribution in [0.25, 0.3) is 0 Å². The predicted octanol–water partition coefficient (Wildman–Crippen LogP) is 5.01. The lowest BCUT2D eigenvalue weighted by atomic mass is 10.0. The summed E-state index contributed by atoms with van der Waals surface area (Å²) in [5.41, 5.74) is 4.46. The van der Waals surface area contributed by atoms with Crippen molar-refractivity contribution in [3.63, 3.8) is 0 Å². The van der Waals surface area contributed by atoms with Gasteiger partial charge in [0, 0.05) is 24.6 Å². The number of carbonyl (C=O) groups excluding carboxylic acids is 2. The minimum Gasteiger partial charge on any atom is -0.450 e. The Morgan fingerprint density at radius 3 is 2.42 bits per heavy atom. The van der Waals surface area contributed by atoms with Crippen molar-refractivity contribution in [2.24, 2.45) is 0 Å². The van der Waals surface area contributed by atoms with Gasteiger partial charge in [-0.15, -0.1) is 0 Å². The first-order chi connectivity index (χ1) is 18.2. The number of ketones is 1. The lowest BCUT2D eigenvalue weighted by Crippen LogP contribution is -2.23. The first kappa shape index (κ1) is 30.4. The highest BCUT2D eigenvalue weighted by Gasteiger charge is 2.05. The van der Waals surface area contributed by atoms with Gasteiger partial charge in [0.25, 0.3) is 5.56 Å². The van der Waals surface area contributed by atoms with Crippen LogP contribution in [0.2, 0.25) is 0 Å². The number of ether oxygens (including phenoxy) is 1. The van der Waals surface area contributed by atoms with Gasteiger partial charge in [0.15, 0.2) is 0 Å². The topological polar surface area (TPSA) is 93.5 Å². The zero-order valence-electron chi connectivity index (χ0n) is 23.2. The van der Waals surface area contributed by atoms with Crippen LogP contribution in [-0.4, -0.2) is 53.8 Å². The summed E-state index contributed by atoms with van der Waals surface area (Å²) in [4.78, 5) is 37.0. The molecule has 3 aromatic rings. The van der Waals surface area contributed by atoms with Crippen LogP contribution in [0.15, 0.2) is 65.5 Å². The van der Waals surface area contributed by atoms with E-state index >= 15 is 0 Å². The van der Waals surface area contributed by atoms with Gasteiger partial charge in [-0.25, -0.2) is 9.48 Å². The number of carbonyl (C=O) groups is 2. The van der Waals surface area contributed by atoms with Crippen molar-refractivity contribution in [3.8, 4) is 0 Å². The van der Waals surface area contributed by atoms with Crippen LogP contribution in [-0.2, 0) is 22.5 Å². The Labute approximate surface area is 225 Å². The smallest absolute Gasteiger partial charge is 0.411 e. The Balaban J connectivity index is 0.000000273. The van der Waals surface area contributed by atoms with Gasteiger partial charge >= 0.3 is 6.09 Å². The fourth-order valence-corrected chi connectivity index (χ4v) is 3.76. The number of hydrogen-bond donors (Lipinski definition) is 1. The summed E-state index contributed by atoms with van der Waals surface area (Å²) in [6.45, 7) is 7.36. The quantitative estimate of drug-likeness (QED) is 0.358. The molecule has 1 amide bonds. The van der Waals surface area contributed by atoms with Crippen molar-refractivity contribution in [2.75, 3.05) is 32.6 Å². The number of benzene rings is 2. The predicted molar refractivity (Wildman–Crippen MR) is 152 cm³/mol. The molecular formula is C30H40N4O4. The summed E-state index contributed by atoms with van der Waals surface area (Å²) in [6, 6.07) is 18.6. The number of Topliss-reactive ketones (excluding diaryl/α,β-unsaturated/α-hetero) is 1. The van der Waals surface area contributed by atoms with Gasteiger partial charge in [0.05, 0.1) is 18.8 Å². The highest BCUT2D eigenvalue weighted by Crippen LogP contribution is 2.12. The van der Waals surface area contributed by atoms with E-state index in [0.717, 1.165) is 36.2 Å². The molecule has 0 saturated heterocycles. The summed E-state index contributed by atoms with van der Waals surface area (Å²) in [5, 5.41) is 6.81. The number of nitrogens with one attached hydrogen (secondary N) is 1. The third-order valence-electron chi connectivity index (χ3n) is 5.58. The van der Waals surface area contributed by atoms with Gasteiger partial charge in [-0.3, -0.25) is 14.9 Å². The van der Waals surface area contributed by atoms with E-state index in [-0.39, 0.29) is 5.56 Å². The molecule has 0 atom stereocenters. The van der Waals surface area contributed by atoms with Crippen LogP contribution >= 0.6 is 0 Å². The number of aryl methyl sites for hydroxylation is 2. The molecule has 0 unspecified atom stereocenters. The lowest BCUT2D eigenvalue weighted by Gasteiger charge is -2.08. The van der Waals surface area contributed by atoms with E-state index in [4.69, 9.17) is 4.74 Å². The average molecular weight is 521 g/mol. The van der Waals surface area contributed by atoms with Crippen LogP contribution < -0.4 is 10.9 Å². The van der Waals surface area contributed by atoms with E-state index in [1.54, 1.807) is 31.2 Å². The molecule has 0 aliphatic heterocycles. The molecule has 0 saturated carbocycles. The van der Waals surface area contributed by atoms with Gasteiger partial charge in [-0.1, -0.05) is 42.0 Å². The number of anilines is 1. The molecule has 0 bridgehead atoms. The summed E-state index contributed by atoms with van der Waals surface area (Å²) in [5.74, 6) is 0.356. The molecule has 1 heterocycles. The molecule has 0 aliphatic rings. The number of aromatic nitrogens is 2. The maximum Gasteiger partial charge on any atom is 0.411 e. The second kappa shape index (κ2) is 16.1. The third-order valence-corrected chi connectivity index (χ3v) is 5.58. The standard InChI is InChI=1S/C15H17N3O3.C15H23NO/c1-3-21-15(20)16-13-6-4-5-12(9-13)10-18-14(19)8-7-11(2)17-18;1-13-7-6-8-14(11-13)12-15(17)9-4-5-10-16(2)3/h4-9H,3,10H2,1-2H3,(H,16,20);6-8,11H,4-5,9-10,12H2,1-3H3. The van der Waals surface area contributed by atoms with Crippen LogP contribution in [0, 0.1) is 13.8 Å². The van der Waals surface area contributed by atoms with Crippen LogP contribution in [0.5, 0.6) is 0 Å². The fourth-order valence-electron chi connectivity index (χ4n) is 3.76. The Morgan fingerprint density at radius 2 is 1.71 bits per heavy atom. The van der Waals surface area contributed by atoms with Crippen LogP contribution in [0.1, 0.15) is 48.6 Å². The van der Waals surface area contributed by atoms with E-state index in [2.05, 4.69) is 48.5 Å². The molecule has 8 heteroatoms. The molecule has 1 aromatic heterocycles. The molecule has 2 aromatic carbocycles. The average Bonchev–Trinajstić information content (AvgIpc) is 2.85. The Morgan fingerprint density at radius 1 is 0.974 bits per heavy atom. The maximum absolute atomic E-state index is 11.8. The van der Waals surface area contributed by atoms with Crippen molar-refractivity contribution in [1.82, 2.24) is 14.7 Å². The van der Waals surface area contributed by atoms with Crippen LogP contribution in [0.4, 0.5) is 10.5 Å². The maximum atomic E-state index is 11.8.